The van der Waals surface area contributed by atoms with Gasteiger partial charge in [0.05, 0.1) is 0 Å². The predicted molar refractivity (Wildman–Crippen MR) is 113 cm³/mol. The van der Waals surface area contributed by atoms with Crippen molar-refractivity contribution in [2.24, 2.45) is 0 Å². The van der Waals surface area contributed by atoms with Gasteiger partial charge in [-0.15, -0.1) is 0 Å². The van der Waals surface area contributed by atoms with E-state index in [1.54, 1.807) is 0 Å². The van der Waals surface area contributed by atoms with E-state index in [0.717, 1.165) is 12.8 Å². The van der Waals surface area contributed by atoms with E-state index in [2.05, 4.69) is 30.4 Å². The molecule has 0 aromatic rings. The third-order valence-electron chi connectivity index (χ3n) is 3.32. The van der Waals surface area contributed by atoms with Crippen molar-refractivity contribution in [2.75, 3.05) is 0 Å². The average Bonchev–Trinajstić information content (AvgIpc) is 2.62. The summed E-state index contributed by atoms with van der Waals surface area (Å²) in [6.07, 6.45) is 48.0. The van der Waals surface area contributed by atoms with Crippen LogP contribution in [0.1, 0.15) is 32.1 Å². The number of allylic oxidation sites excluding steroid dienone is 20. The lowest BCUT2D eigenvalue weighted by Gasteiger charge is -1.93. The Morgan fingerprint density at radius 2 is 0.840 bits per heavy atom. The van der Waals surface area contributed by atoms with Crippen molar-refractivity contribution in [1.82, 2.24) is 0 Å². The highest BCUT2D eigenvalue weighted by Crippen LogP contribution is 2.04. The molecule has 0 spiro atoms. The molecule has 1 radical (unpaired) electrons. The summed E-state index contributed by atoms with van der Waals surface area (Å²) in [6.45, 7) is 0. The Labute approximate surface area is 154 Å². The second-order valence-corrected chi connectivity index (χ2v) is 5.48. The van der Waals surface area contributed by atoms with Gasteiger partial charge in [0.1, 0.15) is 0 Å². The third-order valence-corrected chi connectivity index (χ3v) is 3.32. The lowest BCUT2D eigenvalue weighted by atomic mass is 10.1. The Hall–Kier alpha value is -2.60. The fraction of sp³-hybridized carbons (Fsp3) is 0.200. The molecule has 1 aliphatic carbocycles. The van der Waals surface area contributed by atoms with Crippen LogP contribution in [0.2, 0.25) is 0 Å². The first-order chi connectivity index (χ1) is 12.5. The molecule has 0 aromatic heterocycles. The van der Waals surface area contributed by atoms with Crippen LogP contribution in [0.3, 0.4) is 0 Å². The molecular formula is C25H29. The van der Waals surface area contributed by atoms with Gasteiger partial charge < -0.3 is 0 Å². The highest BCUT2D eigenvalue weighted by atomic mass is 13.9. The summed E-state index contributed by atoms with van der Waals surface area (Å²) >= 11 is 0. The number of hydrogen-bond donors (Lipinski definition) is 0. The van der Waals surface area contributed by atoms with Gasteiger partial charge in [-0.25, -0.2) is 0 Å². The van der Waals surface area contributed by atoms with Gasteiger partial charge in [-0.1, -0.05) is 122 Å². The molecule has 0 atom stereocenters. The van der Waals surface area contributed by atoms with Gasteiger partial charge in [0.2, 0.25) is 0 Å². The summed E-state index contributed by atoms with van der Waals surface area (Å²) in [5, 5.41) is 0. The standard InChI is InChI=1S/C25H29/c1-2-4-6-8-10-12-14-16-18-20-22-24-25-23-21-19-17-15-13-11-9-7-5-3-1/h1-19H,20,22-25H2/b2-1-,5-3-,6-4-,9-7-,10-8-,13-11-,14-12-,17-15-,18-16-,21-19?. The zero-order valence-corrected chi connectivity index (χ0v) is 15.0. The van der Waals surface area contributed by atoms with Crippen LogP contribution < -0.4 is 0 Å². The van der Waals surface area contributed by atoms with Crippen LogP contribution in [-0.4, -0.2) is 0 Å². The molecule has 0 N–H and O–H groups in total. The molecule has 1 rings (SSSR count). The zero-order valence-electron chi connectivity index (χ0n) is 15.0. The molecule has 1 aliphatic rings. The van der Waals surface area contributed by atoms with E-state index in [1.165, 1.54) is 19.3 Å². The van der Waals surface area contributed by atoms with E-state index in [0.29, 0.717) is 0 Å². The van der Waals surface area contributed by atoms with Crippen LogP contribution in [0.25, 0.3) is 0 Å². The lowest BCUT2D eigenvalue weighted by molar-refractivity contribution is 0.691. The summed E-state index contributed by atoms with van der Waals surface area (Å²) in [7, 11) is 0. The first kappa shape index (κ1) is 20.4. The molecule has 0 fully saturated rings. The van der Waals surface area contributed by atoms with Gasteiger partial charge in [-0.05, 0) is 31.8 Å². The summed E-state index contributed by atoms with van der Waals surface area (Å²) in [4.78, 5) is 0. The van der Waals surface area contributed by atoms with Crippen LogP contribution in [-0.2, 0) is 0 Å². The van der Waals surface area contributed by atoms with Gasteiger partial charge in [-0.3, -0.25) is 0 Å². The van der Waals surface area contributed by atoms with E-state index in [9.17, 15) is 0 Å². The fourth-order valence-corrected chi connectivity index (χ4v) is 2.01. The van der Waals surface area contributed by atoms with Crippen LogP contribution in [0.4, 0.5) is 0 Å². The fourth-order valence-electron chi connectivity index (χ4n) is 2.01. The zero-order chi connectivity index (χ0) is 17.7. The second-order valence-electron chi connectivity index (χ2n) is 5.48. The van der Waals surface area contributed by atoms with E-state index in [4.69, 9.17) is 0 Å². The molecule has 0 saturated heterocycles. The molecule has 25 heavy (non-hydrogen) atoms. The first-order valence-electron chi connectivity index (χ1n) is 9.05. The van der Waals surface area contributed by atoms with Crippen molar-refractivity contribution >= 4 is 0 Å². The quantitative estimate of drug-likeness (QED) is 0.437. The van der Waals surface area contributed by atoms with E-state index in [1.807, 2.05) is 91.1 Å². The van der Waals surface area contributed by atoms with Crippen LogP contribution in [0, 0.1) is 6.08 Å². The molecule has 0 aliphatic heterocycles. The normalized spacial score (nSPS) is 30.4. The number of hydrogen-bond acceptors (Lipinski definition) is 0. The summed E-state index contributed by atoms with van der Waals surface area (Å²) in [5.74, 6) is 0. The molecule has 0 amide bonds. The largest absolute Gasteiger partial charge is 0.0845 e. The molecule has 0 unspecified atom stereocenters. The summed E-state index contributed by atoms with van der Waals surface area (Å²) in [6, 6.07) is 0. The molecule has 0 aromatic carbocycles. The van der Waals surface area contributed by atoms with Crippen molar-refractivity contribution in [3.8, 4) is 0 Å². The van der Waals surface area contributed by atoms with Crippen molar-refractivity contribution in [1.29, 1.82) is 0 Å². The Kier molecular flexibility index (Phi) is 14.5. The minimum Gasteiger partial charge on any atom is -0.0845 e. The van der Waals surface area contributed by atoms with E-state index in [-0.39, 0.29) is 0 Å². The summed E-state index contributed by atoms with van der Waals surface area (Å²) in [5.41, 5.74) is 0. The Balaban J connectivity index is 2.51. The highest BCUT2D eigenvalue weighted by molar-refractivity contribution is 5.22. The minimum atomic E-state index is 1.04. The molecule has 0 heteroatoms. The van der Waals surface area contributed by atoms with Crippen molar-refractivity contribution in [2.45, 2.75) is 32.1 Å². The van der Waals surface area contributed by atoms with Gasteiger partial charge >= 0.3 is 0 Å². The molecule has 0 saturated carbocycles. The van der Waals surface area contributed by atoms with Crippen molar-refractivity contribution in [3.05, 3.63) is 122 Å². The molecular weight excluding hydrogens is 300 g/mol. The Morgan fingerprint density at radius 1 is 0.400 bits per heavy atom. The average molecular weight is 330 g/mol. The predicted octanol–water partition coefficient (Wildman–Crippen LogP) is 7.32. The first-order valence-corrected chi connectivity index (χ1v) is 9.05. The Morgan fingerprint density at radius 3 is 1.36 bits per heavy atom. The maximum absolute atomic E-state index is 3.32. The van der Waals surface area contributed by atoms with Crippen molar-refractivity contribution < 1.29 is 0 Å². The minimum absolute atomic E-state index is 1.04. The van der Waals surface area contributed by atoms with Crippen LogP contribution in [0.5, 0.6) is 0 Å². The lowest BCUT2D eigenvalue weighted by Crippen LogP contribution is -1.74. The van der Waals surface area contributed by atoms with Crippen LogP contribution >= 0.6 is 0 Å². The third kappa shape index (κ3) is 16.1. The van der Waals surface area contributed by atoms with E-state index < -0.39 is 0 Å². The Bertz CT molecular complexity index is 542. The molecule has 0 nitrogen and oxygen atoms in total. The topological polar surface area (TPSA) is 0 Å². The maximum atomic E-state index is 3.32. The van der Waals surface area contributed by atoms with E-state index >= 15 is 0 Å². The van der Waals surface area contributed by atoms with Gasteiger partial charge in [-0.2, -0.15) is 0 Å². The van der Waals surface area contributed by atoms with Crippen molar-refractivity contribution in [3.63, 3.8) is 0 Å². The van der Waals surface area contributed by atoms with Gasteiger partial charge in [0.15, 0.2) is 0 Å². The second kappa shape index (κ2) is 17.7. The molecule has 0 heterocycles. The SMILES string of the molecule is [C]1=C/C=C\C=C/C=C\C=C/C=C\C=C/C=C\C=C/C=C\CCCCC\1. The molecule has 129 valence electrons. The molecule has 0 bridgehead atoms. The maximum Gasteiger partial charge on any atom is -0.0276 e. The van der Waals surface area contributed by atoms with Gasteiger partial charge in [0.25, 0.3) is 0 Å². The van der Waals surface area contributed by atoms with Gasteiger partial charge in [0, 0.05) is 0 Å². The monoisotopic (exact) mass is 329 g/mol. The number of rotatable bonds is 0. The summed E-state index contributed by atoms with van der Waals surface area (Å²) < 4.78 is 0. The highest BCUT2D eigenvalue weighted by Gasteiger charge is 1.85. The smallest absolute Gasteiger partial charge is 0.0276 e. The van der Waals surface area contributed by atoms with Crippen LogP contribution in [0.15, 0.2) is 115 Å².